The van der Waals surface area contributed by atoms with E-state index in [0.717, 1.165) is 50.0 Å². The van der Waals surface area contributed by atoms with Gasteiger partial charge in [-0.15, -0.1) is 11.3 Å². The number of benzene rings is 1. The molecule has 1 amide bonds. The van der Waals surface area contributed by atoms with Crippen molar-refractivity contribution < 1.29 is 9.53 Å². The van der Waals surface area contributed by atoms with Gasteiger partial charge in [-0.2, -0.15) is 0 Å². The van der Waals surface area contributed by atoms with E-state index in [1.807, 2.05) is 5.51 Å². The predicted octanol–water partition coefficient (Wildman–Crippen LogP) is 3.30. The van der Waals surface area contributed by atoms with Gasteiger partial charge in [0.1, 0.15) is 12.4 Å². The highest BCUT2D eigenvalue weighted by molar-refractivity contribution is 7.09. The molecule has 0 radical (unpaired) electrons. The minimum atomic E-state index is 0.162. The standard InChI is InChI=1S/C21H27N3O2S/c1-15-20(27-14-23-15)13-24-8-9-26-19-6-4-16(10-18(19)12-24)5-7-21(25)22-11-17-2-3-17/h4,6,10,14,17H,2-3,5,7-9,11-13H2,1H3,(H,22,25). The highest BCUT2D eigenvalue weighted by Crippen LogP contribution is 2.28. The third-order valence-electron chi connectivity index (χ3n) is 5.32. The Hall–Kier alpha value is -1.92. The molecule has 0 unspecified atom stereocenters. The zero-order chi connectivity index (χ0) is 18.6. The van der Waals surface area contributed by atoms with Crippen molar-refractivity contribution in [3.05, 3.63) is 45.4 Å². The first-order chi connectivity index (χ1) is 13.2. The number of ether oxygens (including phenoxy) is 1. The van der Waals surface area contributed by atoms with E-state index < -0.39 is 0 Å². The molecule has 1 aliphatic carbocycles. The fourth-order valence-electron chi connectivity index (χ4n) is 3.40. The summed E-state index contributed by atoms with van der Waals surface area (Å²) in [5.41, 5.74) is 5.45. The SMILES string of the molecule is Cc1ncsc1CN1CCOc2ccc(CCC(=O)NCC3CC3)cc2C1. The molecule has 1 aromatic carbocycles. The van der Waals surface area contributed by atoms with Gasteiger partial charge in [-0.3, -0.25) is 9.69 Å². The second-order valence-electron chi connectivity index (χ2n) is 7.61. The van der Waals surface area contributed by atoms with Gasteiger partial charge < -0.3 is 10.1 Å². The number of hydrogen-bond acceptors (Lipinski definition) is 5. The average molecular weight is 386 g/mol. The number of thiazole rings is 1. The van der Waals surface area contributed by atoms with Crippen molar-refractivity contribution in [3.8, 4) is 5.75 Å². The van der Waals surface area contributed by atoms with E-state index in [0.29, 0.717) is 13.0 Å². The van der Waals surface area contributed by atoms with Crippen LogP contribution in [0.15, 0.2) is 23.7 Å². The van der Waals surface area contributed by atoms with E-state index in [1.54, 1.807) is 11.3 Å². The van der Waals surface area contributed by atoms with Crippen molar-refractivity contribution in [1.82, 2.24) is 15.2 Å². The summed E-state index contributed by atoms with van der Waals surface area (Å²) in [4.78, 5) is 20.1. The number of carbonyl (C=O) groups is 1. The van der Waals surface area contributed by atoms with Crippen LogP contribution in [0.2, 0.25) is 0 Å². The Kier molecular flexibility index (Phi) is 5.74. The van der Waals surface area contributed by atoms with Crippen molar-refractivity contribution in [1.29, 1.82) is 0 Å². The molecular formula is C21H27N3O2S. The van der Waals surface area contributed by atoms with Crippen LogP contribution in [0.5, 0.6) is 5.75 Å². The maximum Gasteiger partial charge on any atom is 0.220 e. The molecular weight excluding hydrogens is 358 g/mol. The van der Waals surface area contributed by atoms with Crippen LogP contribution in [0.4, 0.5) is 0 Å². The van der Waals surface area contributed by atoms with Crippen LogP contribution in [-0.4, -0.2) is 35.5 Å². The number of aryl methyl sites for hydroxylation is 2. The van der Waals surface area contributed by atoms with E-state index in [2.05, 4.69) is 40.3 Å². The van der Waals surface area contributed by atoms with Gasteiger partial charge in [0.15, 0.2) is 0 Å². The quantitative estimate of drug-likeness (QED) is 0.795. The second kappa shape index (κ2) is 8.40. The van der Waals surface area contributed by atoms with Crippen molar-refractivity contribution in [3.63, 3.8) is 0 Å². The molecule has 2 heterocycles. The van der Waals surface area contributed by atoms with E-state index in [9.17, 15) is 4.79 Å². The van der Waals surface area contributed by atoms with Crippen LogP contribution < -0.4 is 10.1 Å². The lowest BCUT2D eigenvalue weighted by Crippen LogP contribution is -2.25. The summed E-state index contributed by atoms with van der Waals surface area (Å²) in [5.74, 6) is 1.86. The summed E-state index contributed by atoms with van der Waals surface area (Å²) in [6.45, 7) is 6.31. The molecule has 144 valence electrons. The number of nitrogens with one attached hydrogen (secondary N) is 1. The number of carbonyl (C=O) groups excluding carboxylic acids is 1. The second-order valence-corrected chi connectivity index (χ2v) is 8.55. The maximum absolute atomic E-state index is 12.0. The van der Waals surface area contributed by atoms with Gasteiger partial charge in [0.2, 0.25) is 5.91 Å². The molecule has 1 aliphatic heterocycles. The van der Waals surface area contributed by atoms with E-state index in [4.69, 9.17) is 4.74 Å². The van der Waals surface area contributed by atoms with Gasteiger partial charge in [-0.1, -0.05) is 12.1 Å². The Morgan fingerprint density at radius 2 is 2.30 bits per heavy atom. The first-order valence-electron chi connectivity index (χ1n) is 9.80. The van der Waals surface area contributed by atoms with Gasteiger partial charge in [0, 0.05) is 43.0 Å². The third-order valence-corrected chi connectivity index (χ3v) is 6.24. The molecule has 0 atom stereocenters. The first-order valence-corrected chi connectivity index (χ1v) is 10.7. The first kappa shape index (κ1) is 18.4. The largest absolute Gasteiger partial charge is 0.492 e. The number of nitrogens with zero attached hydrogens (tertiary/aromatic N) is 2. The number of amides is 1. The Balaban J connectivity index is 1.36. The summed E-state index contributed by atoms with van der Waals surface area (Å²) in [5, 5.41) is 3.05. The fourth-order valence-corrected chi connectivity index (χ4v) is 4.22. The average Bonchev–Trinajstić information content (AvgIpc) is 3.44. The van der Waals surface area contributed by atoms with Crippen molar-refractivity contribution >= 4 is 17.2 Å². The molecule has 5 nitrogen and oxygen atoms in total. The Morgan fingerprint density at radius 3 is 3.07 bits per heavy atom. The minimum Gasteiger partial charge on any atom is -0.492 e. The number of hydrogen-bond donors (Lipinski definition) is 1. The van der Waals surface area contributed by atoms with E-state index in [-0.39, 0.29) is 5.91 Å². The van der Waals surface area contributed by atoms with Crippen LogP contribution in [0.1, 0.15) is 41.0 Å². The van der Waals surface area contributed by atoms with Gasteiger partial charge in [0.25, 0.3) is 0 Å². The van der Waals surface area contributed by atoms with Gasteiger partial charge >= 0.3 is 0 Å². The minimum absolute atomic E-state index is 0.162. The molecule has 0 bridgehead atoms. The summed E-state index contributed by atoms with van der Waals surface area (Å²) < 4.78 is 5.95. The fraction of sp³-hybridized carbons (Fsp3) is 0.524. The van der Waals surface area contributed by atoms with Crippen LogP contribution in [0.25, 0.3) is 0 Å². The zero-order valence-electron chi connectivity index (χ0n) is 15.9. The number of rotatable bonds is 7. The Bertz CT molecular complexity index is 800. The topological polar surface area (TPSA) is 54.5 Å². The van der Waals surface area contributed by atoms with Gasteiger partial charge in [-0.25, -0.2) is 4.98 Å². The molecule has 6 heteroatoms. The lowest BCUT2D eigenvalue weighted by Gasteiger charge is -2.18. The highest BCUT2D eigenvalue weighted by atomic mass is 32.1. The van der Waals surface area contributed by atoms with Crippen molar-refractivity contribution in [2.75, 3.05) is 19.7 Å². The van der Waals surface area contributed by atoms with Gasteiger partial charge in [-0.05, 0) is 43.7 Å². The maximum atomic E-state index is 12.0. The van der Waals surface area contributed by atoms with Crippen LogP contribution in [0, 0.1) is 12.8 Å². The van der Waals surface area contributed by atoms with E-state index >= 15 is 0 Å². The van der Waals surface area contributed by atoms with Gasteiger partial charge in [0.05, 0.1) is 11.2 Å². The normalized spacial score (nSPS) is 17.1. The van der Waals surface area contributed by atoms with Crippen LogP contribution in [0.3, 0.4) is 0 Å². The van der Waals surface area contributed by atoms with E-state index in [1.165, 1.54) is 28.8 Å². The zero-order valence-corrected chi connectivity index (χ0v) is 16.7. The Labute approximate surface area is 164 Å². The highest BCUT2D eigenvalue weighted by Gasteiger charge is 2.21. The molecule has 2 aromatic rings. The van der Waals surface area contributed by atoms with Crippen LogP contribution >= 0.6 is 11.3 Å². The molecule has 0 saturated heterocycles. The lowest BCUT2D eigenvalue weighted by molar-refractivity contribution is -0.121. The number of fused-ring (bicyclic) bond motifs is 1. The monoisotopic (exact) mass is 385 g/mol. The molecule has 27 heavy (non-hydrogen) atoms. The molecule has 1 N–H and O–H groups in total. The molecule has 1 aromatic heterocycles. The lowest BCUT2D eigenvalue weighted by atomic mass is 10.0. The summed E-state index contributed by atoms with van der Waals surface area (Å²) in [7, 11) is 0. The summed E-state index contributed by atoms with van der Waals surface area (Å²) in [6.07, 6.45) is 3.86. The molecule has 4 rings (SSSR count). The summed E-state index contributed by atoms with van der Waals surface area (Å²) >= 11 is 1.72. The third kappa shape index (κ3) is 5.08. The molecule has 0 spiro atoms. The van der Waals surface area contributed by atoms with Crippen LogP contribution in [-0.2, 0) is 24.3 Å². The van der Waals surface area contributed by atoms with Crippen molar-refractivity contribution in [2.45, 2.75) is 45.7 Å². The summed E-state index contributed by atoms with van der Waals surface area (Å²) in [6, 6.07) is 6.37. The molecule has 1 saturated carbocycles. The number of aromatic nitrogens is 1. The van der Waals surface area contributed by atoms with Crippen molar-refractivity contribution in [2.24, 2.45) is 5.92 Å². The predicted molar refractivity (Wildman–Crippen MR) is 107 cm³/mol. The molecule has 2 aliphatic rings. The molecule has 1 fully saturated rings. The smallest absolute Gasteiger partial charge is 0.220 e. The Morgan fingerprint density at radius 1 is 1.41 bits per heavy atom.